The molecule has 0 amide bonds. The van der Waals surface area contributed by atoms with Gasteiger partial charge in [-0.25, -0.2) is 19.6 Å². The number of hydrogen-bond donors (Lipinski definition) is 4. The van der Waals surface area contributed by atoms with Crippen molar-refractivity contribution in [1.29, 1.82) is 0 Å². The number of hydrogen-bond acceptors (Lipinski definition) is 4. The van der Waals surface area contributed by atoms with Crippen LogP contribution in [0.15, 0.2) is 94.9 Å². The fourth-order valence-electron chi connectivity index (χ4n) is 8.07. The lowest BCUT2D eigenvalue weighted by molar-refractivity contribution is 0.0695. The van der Waals surface area contributed by atoms with Gasteiger partial charge in [-0.1, -0.05) is 119 Å². The minimum Gasteiger partial charge on any atom is -0.493 e. The number of nitrogens with zero attached hydrogens (tertiary/aromatic N) is 2. The molecule has 0 aliphatic rings. The van der Waals surface area contributed by atoms with Crippen LogP contribution in [0.4, 0.5) is 11.4 Å². The number of carbonyl (C=O) groups is 2. The maximum absolute atomic E-state index is 12.5. The van der Waals surface area contributed by atoms with Gasteiger partial charge in [0.25, 0.3) is 0 Å². The van der Waals surface area contributed by atoms with Crippen molar-refractivity contribution in [2.75, 3.05) is 0 Å². The molecule has 308 valence electrons. The number of benzene rings is 7. The van der Waals surface area contributed by atoms with Crippen LogP contribution in [-0.4, -0.2) is 44.2 Å². The molecule has 60 heavy (non-hydrogen) atoms. The Hall–Kier alpha value is -6.28. The standard InChI is InChI=1S/C52H54N2O6/c1-49(2,3)27-21-28(50(4,5)6)24-31(23-27)53-45(55)37-17-13-33-35-15-19-39(47(57)58)44-40(48(59)60)20-16-36(42(35)44)34-14-18-38(43(37)41(33)34)46(56)54-32-25-29(51(7,8)9)22-30(26-32)52(10,11)12/h13-26H,1-12H3,(H,53,55)(H,54,56)(H,57,58)(H,59,60). The first kappa shape index (κ1) is 41.9. The van der Waals surface area contributed by atoms with E-state index in [1.807, 2.05) is 36.4 Å². The van der Waals surface area contributed by atoms with Crippen molar-refractivity contribution in [1.82, 2.24) is 0 Å². The largest absolute Gasteiger partial charge is 0.493 e. The fourth-order valence-corrected chi connectivity index (χ4v) is 8.07. The number of aromatic carboxylic acids is 2. The van der Waals surface area contributed by atoms with Crippen LogP contribution >= 0.6 is 0 Å². The van der Waals surface area contributed by atoms with Gasteiger partial charge in [0.15, 0.2) is 0 Å². The number of fused-ring (bicyclic) bond motifs is 2. The highest BCUT2D eigenvalue weighted by Crippen LogP contribution is 2.45. The molecule has 8 heteroatoms. The lowest BCUT2D eigenvalue weighted by Gasteiger charge is -2.25. The summed E-state index contributed by atoms with van der Waals surface area (Å²) in [7, 11) is 0. The molecule has 0 bridgehead atoms. The molecule has 7 aromatic carbocycles. The average molecular weight is 803 g/mol. The summed E-state index contributed by atoms with van der Waals surface area (Å²) in [4.78, 5) is 34.8. The average Bonchev–Trinajstić information content (AvgIpc) is 3.14. The fraction of sp³-hybridized carbons (Fsp3) is 0.308. The van der Waals surface area contributed by atoms with Crippen LogP contribution in [-0.2, 0) is 21.7 Å². The SMILES string of the molecule is CC(C)(C)c1cc(N=C(O)c2ccc3c4ccc(C(=O)O)c5c(C(=O)O)ccc(c6ccc(C(O)=Nc7cc(C(C)(C)C)cc(C(C)(C)C)c7)c2c36)c54)cc(C(C)(C)C)c1. The Labute approximate surface area is 351 Å². The van der Waals surface area contributed by atoms with Gasteiger partial charge < -0.3 is 20.4 Å². The van der Waals surface area contributed by atoms with E-state index in [1.54, 1.807) is 24.3 Å². The molecular formula is C52H54N2O6. The number of carboxylic acid groups (broad SMARTS) is 2. The number of aliphatic imine (C=N–C) groups is 2. The van der Waals surface area contributed by atoms with Crippen molar-refractivity contribution in [3.8, 4) is 0 Å². The van der Waals surface area contributed by atoms with Crippen LogP contribution in [0, 0.1) is 0 Å². The quantitative estimate of drug-likeness (QED) is 0.0571. The molecule has 4 N–H and O–H groups in total. The van der Waals surface area contributed by atoms with Gasteiger partial charge in [-0.2, -0.15) is 0 Å². The van der Waals surface area contributed by atoms with Crippen molar-refractivity contribution >= 4 is 78.2 Å². The Balaban J connectivity index is 1.60. The summed E-state index contributed by atoms with van der Waals surface area (Å²) < 4.78 is 0. The first-order valence-electron chi connectivity index (χ1n) is 20.3. The third kappa shape index (κ3) is 7.44. The van der Waals surface area contributed by atoms with Crippen LogP contribution in [0.1, 0.15) is 137 Å². The van der Waals surface area contributed by atoms with Crippen molar-refractivity contribution in [2.24, 2.45) is 9.98 Å². The maximum Gasteiger partial charge on any atom is 0.336 e. The first-order valence-corrected chi connectivity index (χ1v) is 20.3. The summed E-state index contributed by atoms with van der Waals surface area (Å²) in [5.41, 5.74) is 5.16. The zero-order chi connectivity index (χ0) is 44.0. The van der Waals surface area contributed by atoms with E-state index >= 15 is 0 Å². The van der Waals surface area contributed by atoms with Gasteiger partial charge in [-0.05, 0) is 125 Å². The molecular weight excluding hydrogens is 749 g/mol. The predicted octanol–water partition coefficient (Wildman–Crippen LogP) is 13.6. The van der Waals surface area contributed by atoms with E-state index in [-0.39, 0.29) is 50.0 Å². The first-order chi connectivity index (χ1) is 27.8. The lowest BCUT2D eigenvalue weighted by Crippen LogP contribution is -2.16. The van der Waals surface area contributed by atoms with E-state index in [0.717, 1.165) is 22.3 Å². The van der Waals surface area contributed by atoms with Gasteiger partial charge in [0.1, 0.15) is 0 Å². The molecule has 0 aliphatic carbocycles. The summed E-state index contributed by atoms with van der Waals surface area (Å²) >= 11 is 0. The lowest BCUT2D eigenvalue weighted by atomic mass is 9.80. The molecule has 0 unspecified atom stereocenters. The third-order valence-corrected chi connectivity index (χ3v) is 11.6. The van der Waals surface area contributed by atoms with Crippen LogP contribution in [0.25, 0.3) is 43.1 Å². The molecule has 0 aromatic heterocycles. The number of aliphatic hydroxyl groups is 2. The van der Waals surface area contributed by atoms with Gasteiger partial charge in [0.2, 0.25) is 11.8 Å². The van der Waals surface area contributed by atoms with Crippen LogP contribution in [0.2, 0.25) is 0 Å². The molecule has 0 saturated heterocycles. The Morgan fingerprint density at radius 2 is 0.617 bits per heavy atom. The van der Waals surface area contributed by atoms with Crippen LogP contribution in [0.3, 0.4) is 0 Å². The van der Waals surface area contributed by atoms with Gasteiger partial charge in [0.05, 0.1) is 22.5 Å². The van der Waals surface area contributed by atoms with Gasteiger partial charge in [-0.15, -0.1) is 0 Å². The second kappa shape index (κ2) is 14.2. The van der Waals surface area contributed by atoms with E-state index in [9.17, 15) is 30.0 Å². The van der Waals surface area contributed by atoms with Gasteiger partial charge >= 0.3 is 11.9 Å². The monoisotopic (exact) mass is 802 g/mol. The minimum atomic E-state index is -1.24. The third-order valence-electron chi connectivity index (χ3n) is 11.6. The molecule has 0 fully saturated rings. The molecule has 0 atom stereocenters. The summed E-state index contributed by atoms with van der Waals surface area (Å²) in [6.07, 6.45) is 0. The highest BCUT2D eigenvalue weighted by atomic mass is 16.4. The Bertz CT molecular complexity index is 2720. The molecule has 0 radical (unpaired) electrons. The van der Waals surface area contributed by atoms with Crippen molar-refractivity contribution in [3.05, 3.63) is 129 Å². The normalized spacial score (nSPS) is 13.6. The van der Waals surface area contributed by atoms with Crippen molar-refractivity contribution < 1.29 is 30.0 Å². The topological polar surface area (TPSA) is 140 Å². The molecule has 0 saturated carbocycles. The summed E-state index contributed by atoms with van der Waals surface area (Å²) in [6.45, 7) is 25.7. The Morgan fingerprint density at radius 3 is 0.867 bits per heavy atom. The zero-order valence-corrected chi connectivity index (χ0v) is 36.6. The van der Waals surface area contributed by atoms with Gasteiger partial charge in [-0.3, -0.25) is 0 Å². The van der Waals surface area contributed by atoms with E-state index in [0.29, 0.717) is 60.2 Å². The van der Waals surface area contributed by atoms with Crippen LogP contribution < -0.4 is 0 Å². The summed E-state index contributed by atoms with van der Waals surface area (Å²) in [5, 5.41) is 49.3. The van der Waals surface area contributed by atoms with E-state index < -0.39 is 11.9 Å². The zero-order valence-electron chi connectivity index (χ0n) is 36.6. The highest BCUT2D eigenvalue weighted by Gasteiger charge is 2.27. The second-order valence-electron chi connectivity index (χ2n) is 20.2. The summed E-state index contributed by atoms with van der Waals surface area (Å²) in [5.74, 6) is -3.00. The maximum atomic E-state index is 12.5. The molecule has 8 nitrogen and oxygen atoms in total. The second-order valence-corrected chi connectivity index (χ2v) is 20.2. The number of carboxylic acids is 2. The minimum absolute atomic E-state index is 0.116. The van der Waals surface area contributed by atoms with E-state index in [4.69, 9.17) is 9.98 Å². The molecule has 0 heterocycles. The predicted molar refractivity (Wildman–Crippen MR) is 247 cm³/mol. The Kier molecular flexibility index (Phi) is 9.90. The van der Waals surface area contributed by atoms with E-state index in [2.05, 4.69) is 95.2 Å². The Morgan fingerprint density at radius 1 is 0.367 bits per heavy atom. The number of aliphatic hydroxyl groups excluding tert-OH is 2. The number of rotatable bonds is 6. The van der Waals surface area contributed by atoms with Crippen molar-refractivity contribution in [2.45, 2.75) is 105 Å². The molecule has 7 aromatic rings. The molecule has 0 aliphatic heterocycles. The van der Waals surface area contributed by atoms with E-state index in [1.165, 1.54) is 12.1 Å². The van der Waals surface area contributed by atoms with Gasteiger partial charge in [0, 0.05) is 21.9 Å². The van der Waals surface area contributed by atoms with Crippen LogP contribution in [0.5, 0.6) is 0 Å². The van der Waals surface area contributed by atoms with Crippen molar-refractivity contribution in [3.63, 3.8) is 0 Å². The molecule has 7 rings (SSSR count). The summed E-state index contributed by atoms with van der Waals surface area (Å²) in [6, 6.07) is 25.8. The molecule has 0 spiro atoms. The highest BCUT2D eigenvalue weighted by molar-refractivity contribution is 6.38. The smallest absolute Gasteiger partial charge is 0.336 e.